The molecule has 3 rings (SSSR count). The van der Waals surface area contributed by atoms with Crippen LogP contribution in [0.2, 0.25) is 0 Å². The summed E-state index contributed by atoms with van der Waals surface area (Å²) in [6, 6.07) is 4.33. The first kappa shape index (κ1) is 14.3. The molecule has 1 fully saturated rings. The molecule has 0 radical (unpaired) electrons. The van der Waals surface area contributed by atoms with Crippen molar-refractivity contribution in [3.05, 3.63) is 23.3 Å². The van der Waals surface area contributed by atoms with Crippen LogP contribution in [0.1, 0.15) is 24.0 Å². The zero-order valence-electron chi connectivity index (χ0n) is 12.8. The fourth-order valence-corrected chi connectivity index (χ4v) is 3.96. The Labute approximate surface area is 129 Å². The highest BCUT2D eigenvalue weighted by atomic mass is 32.1. The molecule has 2 aromatic rings. The van der Waals surface area contributed by atoms with Gasteiger partial charge >= 0.3 is 0 Å². The average molecular weight is 303 g/mol. The predicted molar refractivity (Wildman–Crippen MR) is 88.1 cm³/mol. The van der Waals surface area contributed by atoms with Crippen LogP contribution in [-0.4, -0.2) is 31.0 Å². The molecule has 0 spiro atoms. The van der Waals surface area contributed by atoms with Gasteiger partial charge in [-0.1, -0.05) is 17.4 Å². The molecule has 1 N–H and O–H groups in total. The van der Waals surface area contributed by atoms with Gasteiger partial charge in [-0.2, -0.15) is 0 Å². The Morgan fingerprint density at radius 3 is 2.71 bits per heavy atom. The molecule has 0 atom stereocenters. The molecule has 1 aromatic carbocycles. The summed E-state index contributed by atoms with van der Waals surface area (Å²) in [7, 11) is 1.72. The topological polar surface area (TPSA) is 45.2 Å². The number of aromatic nitrogens is 1. The Hall–Kier alpha value is -1.62. The normalized spacial score (nSPS) is 16.4. The number of nitrogens with one attached hydrogen (secondary N) is 1. The summed E-state index contributed by atoms with van der Waals surface area (Å²) >= 11 is 1.76. The number of hydrogen-bond donors (Lipinski definition) is 1. The number of benzene rings is 1. The van der Waals surface area contributed by atoms with Crippen molar-refractivity contribution in [1.29, 1.82) is 0 Å². The molecule has 1 aromatic heterocycles. The lowest BCUT2D eigenvalue weighted by Crippen LogP contribution is -2.39. The Balaban J connectivity index is 1.80. The maximum Gasteiger partial charge on any atom is 0.222 e. The van der Waals surface area contributed by atoms with E-state index in [1.165, 1.54) is 15.8 Å². The first-order chi connectivity index (χ1) is 10.1. The minimum atomic E-state index is 0.157. The third kappa shape index (κ3) is 2.62. The van der Waals surface area contributed by atoms with Crippen molar-refractivity contribution >= 4 is 32.6 Å². The van der Waals surface area contributed by atoms with Gasteiger partial charge in [0.25, 0.3) is 0 Å². The number of aryl methyl sites for hydroxylation is 2. The second-order valence-electron chi connectivity index (χ2n) is 5.73. The van der Waals surface area contributed by atoms with Crippen molar-refractivity contribution in [2.24, 2.45) is 5.92 Å². The number of anilines is 1. The summed E-state index contributed by atoms with van der Waals surface area (Å²) in [5.74, 6) is 0.329. The monoisotopic (exact) mass is 303 g/mol. The van der Waals surface area contributed by atoms with Crippen molar-refractivity contribution < 1.29 is 4.79 Å². The van der Waals surface area contributed by atoms with E-state index in [2.05, 4.69) is 36.2 Å². The van der Waals surface area contributed by atoms with Gasteiger partial charge in [-0.3, -0.25) is 4.79 Å². The number of carbonyl (C=O) groups is 1. The second kappa shape index (κ2) is 5.64. The number of fused-ring (bicyclic) bond motifs is 1. The van der Waals surface area contributed by atoms with Crippen LogP contribution >= 0.6 is 11.3 Å². The lowest BCUT2D eigenvalue weighted by molar-refractivity contribution is -0.125. The number of piperidine rings is 1. The summed E-state index contributed by atoms with van der Waals surface area (Å²) in [6.07, 6.45) is 1.82. The van der Waals surface area contributed by atoms with Gasteiger partial charge in [0.05, 0.1) is 10.2 Å². The van der Waals surface area contributed by atoms with Crippen LogP contribution in [-0.2, 0) is 4.79 Å². The molecule has 0 aliphatic carbocycles. The molecular weight excluding hydrogens is 282 g/mol. The van der Waals surface area contributed by atoms with Crippen molar-refractivity contribution in [2.45, 2.75) is 26.7 Å². The first-order valence-electron chi connectivity index (χ1n) is 7.43. The van der Waals surface area contributed by atoms with Crippen LogP contribution in [0.15, 0.2) is 12.1 Å². The Morgan fingerprint density at radius 2 is 2.05 bits per heavy atom. The molecule has 0 saturated carbocycles. The van der Waals surface area contributed by atoms with Gasteiger partial charge in [-0.25, -0.2) is 4.98 Å². The van der Waals surface area contributed by atoms with Gasteiger partial charge in [-0.15, -0.1) is 0 Å². The molecule has 1 aliphatic rings. The minimum absolute atomic E-state index is 0.157. The van der Waals surface area contributed by atoms with E-state index in [4.69, 9.17) is 4.98 Å². The number of carbonyl (C=O) groups excluding carboxylic acids is 1. The molecule has 2 heterocycles. The van der Waals surface area contributed by atoms with Crippen LogP contribution in [0.4, 0.5) is 5.13 Å². The van der Waals surface area contributed by atoms with Gasteiger partial charge in [-0.05, 0) is 43.9 Å². The third-order valence-corrected chi connectivity index (χ3v) is 5.54. The predicted octanol–water partition coefficient (Wildman–Crippen LogP) is 2.88. The highest BCUT2D eigenvalue weighted by Crippen LogP contribution is 2.33. The van der Waals surface area contributed by atoms with E-state index in [1.54, 1.807) is 18.4 Å². The summed E-state index contributed by atoms with van der Waals surface area (Å²) in [5.41, 5.74) is 3.69. The van der Waals surface area contributed by atoms with E-state index in [0.29, 0.717) is 0 Å². The van der Waals surface area contributed by atoms with Crippen molar-refractivity contribution in [3.8, 4) is 0 Å². The van der Waals surface area contributed by atoms with E-state index >= 15 is 0 Å². The van der Waals surface area contributed by atoms with Crippen molar-refractivity contribution in [2.75, 3.05) is 25.0 Å². The third-order valence-electron chi connectivity index (χ3n) is 4.46. The quantitative estimate of drug-likeness (QED) is 0.928. The molecule has 0 unspecified atom stereocenters. The SMILES string of the molecule is CNC(=O)C1CCN(c2nc3c(C)c(C)ccc3s2)CC1. The fraction of sp³-hybridized carbons (Fsp3) is 0.500. The van der Waals surface area contributed by atoms with Gasteiger partial charge in [0.1, 0.15) is 0 Å². The first-order valence-corrected chi connectivity index (χ1v) is 8.25. The van der Waals surface area contributed by atoms with Crippen LogP contribution in [0, 0.1) is 19.8 Å². The number of nitrogens with zero attached hydrogens (tertiary/aromatic N) is 2. The molecule has 5 heteroatoms. The van der Waals surface area contributed by atoms with Crippen LogP contribution in [0.5, 0.6) is 0 Å². The van der Waals surface area contributed by atoms with E-state index in [-0.39, 0.29) is 11.8 Å². The number of rotatable bonds is 2. The highest BCUT2D eigenvalue weighted by molar-refractivity contribution is 7.22. The summed E-state index contributed by atoms with van der Waals surface area (Å²) in [4.78, 5) is 18.8. The molecule has 1 amide bonds. The minimum Gasteiger partial charge on any atom is -0.359 e. The zero-order valence-corrected chi connectivity index (χ0v) is 13.6. The molecule has 1 aliphatic heterocycles. The standard InChI is InChI=1S/C16H21N3OS/c1-10-4-5-13-14(11(10)2)18-16(21-13)19-8-6-12(7-9-19)15(20)17-3/h4-5,12H,6-9H2,1-3H3,(H,17,20). The average Bonchev–Trinajstić information content (AvgIpc) is 2.95. The summed E-state index contributed by atoms with van der Waals surface area (Å²) in [6.45, 7) is 6.09. The van der Waals surface area contributed by atoms with Gasteiger partial charge < -0.3 is 10.2 Å². The molecule has 4 nitrogen and oxygen atoms in total. The Bertz CT molecular complexity index is 671. The van der Waals surface area contributed by atoms with Crippen LogP contribution in [0.25, 0.3) is 10.2 Å². The number of thiazole rings is 1. The molecule has 112 valence electrons. The largest absolute Gasteiger partial charge is 0.359 e. The lowest BCUT2D eigenvalue weighted by atomic mass is 9.96. The van der Waals surface area contributed by atoms with E-state index in [0.717, 1.165) is 36.6 Å². The van der Waals surface area contributed by atoms with Crippen LogP contribution < -0.4 is 10.2 Å². The molecule has 21 heavy (non-hydrogen) atoms. The Morgan fingerprint density at radius 1 is 1.33 bits per heavy atom. The Kier molecular flexibility index (Phi) is 3.85. The van der Waals surface area contributed by atoms with Gasteiger partial charge in [0, 0.05) is 26.1 Å². The molecule has 1 saturated heterocycles. The zero-order chi connectivity index (χ0) is 15.0. The maximum absolute atomic E-state index is 11.7. The smallest absolute Gasteiger partial charge is 0.222 e. The van der Waals surface area contributed by atoms with Crippen molar-refractivity contribution in [3.63, 3.8) is 0 Å². The number of hydrogen-bond acceptors (Lipinski definition) is 4. The summed E-state index contributed by atoms with van der Waals surface area (Å²) in [5, 5.41) is 3.85. The van der Waals surface area contributed by atoms with Gasteiger partial charge in [0.15, 0.2) is 5.13 Å². The lowest BCUT2D eigenvalue weighted by Gasteiger charge is -2.30. The number of amides is 1. The second-order valence-corrected chi connectivity index (χ2v) is 6.74. The maximum atomic E-state index is 11.7. The van der Waals surface area contributed by atoms with Crippen molar-refractivity contribution in [1.82, 2.24) is 10.3 Å². The van der Waals surface area contributed by atoms with Gasteiger partial charge in [0.2, 0.25) is 5.91 Å². The van der Waals surface area contributed by atoms with E-state index in [9.17, 15) is 4.79 Å². The summed E-state index contributed by atoms with van der Waals surface area (Å²) < 4.78 is 1.25. The molecular formula is C16H21N3OS. The highest BCUT2D eigenvalue weighted by Gasteiger charge is 2.25. The van der Waals surface area contributed by atoms with Crippen LogP contribution in [0.3, 0.4) is 0 Å². The fourth-order valence-electron chi connectivity index (χ4n) is 2.89. The van der Waals surface area contributed by atoms with E-state index in [1.807, 2.05) is 0 Å². The molecule has 0 bridgehead atoms. The van der Waals surface area contributed by atoms with E-state index < -0.39 is 0 Å².